The first-order chi connectivity index (χ1) is 16.1. The predicted octanol–water partition coefficient (Wildman–Crippen LogP) is 3.97. The minimum Gasteiger partial charge on any atom is -0.361 e. The number of amides is 2. The standard InChI is InChI=1S/C25H25N5O2S/c1-3-29(4-2)22(31)15-33-25-27-20-12-8-6-10-18(20)23-28-24(32)21(30(23)25)13-16-14-26-19-11-7-5-9-17(16)19/h5-12,14,21,26H,3-4,13,15H2,1-2H3. The highest BCUT2D eigenvalue weighted by Gasteiger charge is 2.42. The summed E-state index contributed by atoms with van der Waals surface area (Å²) in [7, 11) is 0. The fraction of sp³-hybridized carbons (Fsp3) is 0.280. The fourth-order valence-corrected chi connectivity index (χ4v) is 5.36. The molecule has 1 unspecified atom stereocenters. The largest absolute Gasteiger partial charge is 0.361 e. The molecule has 0 bridgehead atoms. The molecule has 168 valence electrons. The van der Waals surface area contributed by atoms with Gasteiger partial charge < -0.3 is 9.88 Å². The quantitative estimate of drug-likeness (QED) is 0.605. The third kappa shape index (κ3) is 3.84. The second-order valence-corrected chi connectivity index (χ2v) is 8.93. The van der Waals surface area contributed by atoms with Crippen molar-refractivity contribution in [3.05, 3.63) is 65.9 Å². The molecule has 1 aromatic heterocycles. The highest BCUT2D eigenvalue weighted by Crippen LogP contribution is 2.35. The lowest BCUT2D eigenvalue weighted by atomic mass is 10.0. The van der Waals surface area contributed by atoms with Gasteiger partial charge in [-0.05, 0) is 37.6 Å². The molecule has 0 saturated carbocycles. The van der Waals surface area contributed by atoms with E-state index in [0.29, 0.717) is 30.5 Å². The van der Waals surface area contributed by atoms with Gasteiger partial charge in [-0.15, -0.1) is 0 Å². The number of fused-ring (bicyclic) bond motifs is 4. The van der Waals surface area contributed by atoms with Gasteiger partial charge in [0.2, 0.25) is 5.91 Å². The van der Waals surface area contributed by atoms with Gasteiger partial charge in [0.25, 0.3) is 5.91 Å². The monoisotopic (exact) mass is 459 g/mol. The third-order valence-electron chi connectivity index (χ3n) is 6.14. The molecule has 0 fully saturated rings. The zero-order chi connectivity index (χ0) is 22.9. The van der Waals surface area contributed by atoms with Crippen LogP contribution in [0.4, 0.5) is 5.69 Å². The number of aliphatic imine (C=N–C) groups is 2. The maximum Gasteiger partial charge on any atom is 0.271 e. The zero-order valence-corrected chi connectivity index (χ0v) is 19.4. The lowest BCUT2D eigenvalue weighted by Gasteiger charge is -2.31. The van der Waals surface area contributed by atoms with Crippen LogP contribution in [0.3, 0.4) is 0 Å². The molecule has 0 aliphatic carbocycles. The third-order valence-corrected chi connectivity index (χ3v) is 7.07. The molecule has 2 amide bonds. The highest BCUT2D eigenvalue weighted by molar-refractivity contribution is 8.14. The number of thioether (sulfide) groups is 1. The first-order valence-electron chi connectivity index (χ1n) is 11.2. The number of carbonyl (C=O) groups is 2. The van der Waals surface area contributed by atoms with Crippen molar-refractivity contribution in [1.29, 1.82) is 0 Å². The Hall–Kier alpha value is -3.39. The van der Waals surface area contributed by atoms with Gasteiger partial charge in [0.15, 0.2) is 5.17 Å². The minimum atomic E-state index is -0.498. The Morgan fingerprint density at radius 1 is 1.09 bits per heavy atom. The van der Waals surface area contributed by atoms with E-state index in [1.54, 1.807) is 4.90 Å². The van der Waals surface area contributed by atoms with Crippen LogP contribution in [-0.2, 0) is 16.0 Å². The van der Waals surface area contributed by atoms with E-state index in [9.17, 15) is 9.59 Å². The molecule has 0 radical (unpaired) electrons. The number of hydrogen-bond acceptors (Lipinski definition) is 5. The van der Waals surface area contributed by atoms with Gasteiger partial charge in [-0.2, -0.15) is 4.99 Å². The second kappa shape index (κ2) is 8.86. The summed E-state index contributed by atoms with van der Waals surface area (Å²) in [5.74, 6) is 0.757. The van der Waals surface area contributed by atoms with Crippen LogP contribution in [0.1, 0.15) is 25.0 Å². The van der Waals surface area contributed by atoms with Crippen molar-refractivity contribution in [2.24, 2.45) is 9.98 Å². The Morgan fingerprint density at radius 3 is 2.67 bits per heavy atom. The normalized spacial score (nSPS) is 17.0. The van der Waals surface area contributed by atoms with Gasteiger partial charge >= 0.3 is 0 Å². The number of H-pyrrole nitrogens is 1. The molecule has 2 aromatic carbocycles. The van der Waals surface area contributed by atoms with Crippen molar-refractivity contribution in [3.8, 4) is 0 Å². The molecular weight excluding hydrogens is 434 g/mol. The maximum atomic E-state index is 13.1. The average Bonchev–Trinajstić information content (AvgIpc) is 3.40. The SMILES string of the molecule is CCN(CC)C(=O)CSC1=Nc2ccccc2C2=NC(=O)C(Cc3c[nH]c4ccccc34)N12. The Kier molecular flexibility index (Phi) is 5.76. The molecular formula is C25H25N5O2S. The molecule has 0 spiro atoms. The smallest absolute Gasteiger partial charge is 0.271 e. The van der Waals surface area contributed by atoms with Crippen molar-refractivity contribution < 1.29 is 9.59 Å². The molecule has 3 aromatic rings. The summed E-state index contributed by atoms with van der Waals surface area (Å²) >= 11 is 1.37. The molecule has 0 saturated heterocycles. The lowest BCUT2D eigenvalue weighted by molar-refractivity contribution is -0.128. The van der Waals surface area contributed by atoms with Crippen LogP contribution in [0.2, 0.25) is 0 Å². The molecule has 3 heterocycles. The highest BCUT2D eigenvalue weighted by atomic mass is 32.2. The van der Waals surface area contributed by atoms with E-state index >= 15 is 0 Å². The van der Waals surface area contributed by atoms with Crippen molar-refractivity contribution >= 4 is 51.2 Å². The molecule has 7 nitrogen and oxygen atoms in total. The Labute approximate surface area is 196 Å². The average molecular weight is 460 g/mol. The van der Waals surface area contributed by atoms with Crippen molar-refractivity contribution in [3.63, 3.8) is 0 Å². The van der Waals surface area contributed by atoms with Crippen LogP contribution < -0.4 is 0 Å². The summed E-state index contributed by atoms with van der Waals surface area (Å²) in [6, 6.07) is 15.3. The van der Waals surface area contributed by atoms with E-state index in [4.69, 9.17) is 4.99 Å². The second-order valence-electron chi connectivity index (χ2n) is 7.99. The number of para-hydroxylation sites is 2. The first-order valence-corrected chi connectivity index (χ1v) is 12.1. The molecule has 1 atom stereocenters. The van der Waals surface area contributed by atoms with Crippen LogP contribution >= 0.6 is 11.8 Å². The number of nitrogens with one attached hydrogen (secondary N) is 1. The van der Waals surface area contributed by atoms with Gasteiger partial charge in [0, 0.05) is 42.2 Å². The Bertz CT molecular complexity index is 1290. The van der Waals surface area contributed by atoms with Crippen LogP contribution in [0.5, 0.6) is 0 Å². The number of aromatic amines is 1. The fourth-order valence-electron chi connectivity index (χ4n) is 4.40. The van der Waals surface area contributed by atoms with Gasteiger partial charge in [0.05, 0.1) is 11.4 Å². The summed E-state index contributed by atoms with van der Waals surface area (Å²) in [6.45, 7) is 5.29. The lowest BCUT2D eigenvalue weighted by Crippen LogP contribution is -2.45. The summed E-state index contributed by atoms with van der Waals surface area (Å²) in [5, 5.41) is 1.74. The minimum absolute atomic E-state index is 0.0590. The maximum absolute atomic E-state index is 13.1. The number of aromatic nitrogens is 1. The van der Waals surface area contributed by atoms with Crippen molar-refractivity contribution in [2.75, 3.05) is 18.8 Å². The predicted molar refractivity (Wildman–Crippen MR) is 133 cm³/mol. The van der Waals surface area contributed by atoms with Crippen LogP contribution in [-0.4, -0.2) is 62.5 Å². The van der Waals surface area contributed by atoms with Crippen LogP contribution in [0, 0.1) is 0 Å². The molecule has 5 rings (SSSR count). The molecule has 1 N–H and O–H groups in total. The molecule has 2 aliphatic rings. The van der Waals surface area contributed by atoms with Gasteiger partial charge in [-0.25, -0.2) is 4.99 Å². The first kappa shape index (κ1) is 21.5. The summed E-state index contributed by atoms with van der Waals surface area (Å²) in [6.07, 6.45) is 2.46. The number of carbonyl (C=O) groups excluding carboxylic acids is 2. The molecule has 33 heavy (non-hydrogen) atoms. The zero-order valence-electron chi connectivity index (χ0n) is 18.6. The Morgan fingerprint density at radius 2 is 1.85 bits per heavy atom. The summed E-state index contributed by atoms with van der Waals surface area (Å²) < 4.78 is 0. The van der Waals surface area contributed by atoms with Gasteiger partial charge in [-0.3, -0.25) is 14.5 Å². The van der Waals surface area contributed by atoms with E-state index in [2.05, 4.69) is 16.0 Å². The van der Waals surface area contributed by atoms with Crippen molar-refractivity contribution in [1.82, 2.24) is 14.8 Å². The van der Waals surface area contributed by atoms with Gasteiger partial charge in [-0.1, -0.05) is 42.1 Å². The van der Waals surface area contributed by atoms with E-state index in [1.165, 1.54) is 11.8 Å². The van der Waals surface area contributed by atoms with E-state index in [-0.39, 0.29) is 17.6 Å². The van der Waals surface area contributed by atoms with E-state index in [0.717, 1.165) is 27.7 Å². The Balaban J connectivity index is 1.48. The van der Waals surface area contributed by atoms with E-state index < -0.39 is 6.04 Å². The summed E-state index contributed by atoms with van der Waals surface area (Å²) in [5.41, 5.74) is 3.71. The van der Waals surface area contributed by atoms with Crippen LogP contribution in [0.25, 0.3) is 10.9 Å². The number of rotatable bonds is 6. The number of hydrogen-bond donors (Lipinski definition) is 1. The van der Waals surface area contributed by atoms with Gasteiger partial charge in [0.1, 0.15) is 11.9 Å². The molecule has 2 aliphatic heterocycles. The molecule has 8 heteroatoms. The number of nitrogens with zero attached hydrogens (tertiary/aromatic N) is 4. The number of amidine groups is 2. The number of benzene rings is 2. The topological polar surface area (TPSA) is 81.1 Å². The van der Waals surface area contributed by atoms with Crippen molar-refractivity contribution in [2.45, 2.75) is 26.3 Å². The van der Waals surface area contributed by atoms with E-state index in [1.807, 2.05) is 67.4 Å². The summed E-state index contributed by atoms with van der Waals surface area (Å²) in [4.78, 5) is 42.1. The van der Waals surface area contributed by atoms with Crippen LogP contribution in [0.15, 0.2) is 64.7 Å².